The first-order valence-electron chi connectivity index (χ1n) is 10.8. The van der Waals surface area contributed by atoms with Gasteiger partial charge in [-0.3, -0.25) is 4.90 Å². The number of nitrogens with zero attached hydrogens (tertiary/aromatic N) is 1. The van der Waals surface area contributed by atoms with Gasteiger partial charge < -0.3 is 9.47 Å². The van der Waals surface area contributed by atoms with E-state index in [1.807, 2.05) is 6.07 Å². The minimum absolute atomic E-state index is 0.138. The van der Waals surface area contributed by atoms with Gasteiger partial charge >= 0.3 is 6.09 Å². The molecule has 1 heterocycles. The quantitative estimate of drug-likeness (QED) is 0.741. The van der Waals surface area contributed by atoms with Crippen LogP contribution in [-0.4, -0.2) is 63.1 Å². The number of amides is 1. The maximum Gasteiger partial charge on any atom is 0.410 e. The van der Waals surface area contributed by atoms with E-state index in [4.69, 9.17) is 9.47 Å². The van der Waals surface area contributed by atoms with E-state index in [2.05, 4.69) is 29.0 Å². The van der Waals surface area contributed by atoms with Gasteiger partial charge in [0, 0.05) is 11.6 Å². The van der Waals surface area contributed by atoms with Crippen LogP contribution < -0.4 is 4.72 Å². The predicted molar refractivity (Wildman–Crippen MR) is 114 cm³/mol. The number of carbonyl (C=O) groups is 1. The lowest BCUT2D eigenvalue weighted by Gasteiger charge is -2.33. The standard InChI is InChI=1S/C22H32N2O5S/c1-28-21(25)24-20(19(23-30(2,26)27)14-22(24)12-13-22)15-29-18-10-8-17(9-11-18)16-6-4-3-5-7-16/h3-7,17-20,23H,8-15H2,1-2H3/t17?,18?,19?,20-/m0/s1. The van der Waals surface area contributed by atoms with Crippen LogP contribution in [0.1, 0.15) is 56.4 Å². The highest BCUT2D eigenvalue weighted by Gasteiger charge is 2.61. The molecule has 0 bridgehead atoms. The summed E-state index contributed by atoms with van der Waals surface area (Å²) in [6.45, 7) is 0.324. The molecule has 2 aliphatic carbocycles. The summed E-state index contributed by atoms with van der Waals surface area (Å²) in [5.74, 6) is 0.568. The van der Waals surface area contributed by atoms with Crippen LogP contribution in [0.15, 0.2) is 30.3 Å². The second-order valence-corrected chi connectivity index (χ2v) is 10.8. The fourth-order valence-electron chi connectivity index (χ4n) is 5.30. The lowest BCUT2D eigenvalue weighted by Crippen LogP contribution is -2.51. The zero-order valence-corrected chi connectivity index (χ0v) is 18.6. The molecule has 3 fully saturated rings. The van der Waals surface area contributed by atoms with E-state index >= 15 is 0 Å². The van der Waals surface area contributed by atoms with Gasteiger partial charge in [-0.2, -0.15) is 0 Å². The molecule has 30 heavy (non-hydrogen) atoms. The van der Waals surface area contributed by atoms with Gasteiger partial charge in [-0.25, -0.2) is 17.9 Å². The van der Waals surface area contributed by atoms with Gasteiger partial charge in [-0.1, -0.05) is 30.3 Å². The van der Waals surface area contributed by atoms with Crippen molar-refractivity contribution in [2.45, 2.75) is 74.6 Å². The number of rotatable bonds is 6. The van der Waals surface area contributed by atoms with Crippen LogP contribution >= 0.6 is 0 Å². The molecule has 0 radical (unpaired) electrons. The van der Waals surface area contributed by atoms with Crippen molar-refractivity contribution < 1.29 is 22.7 Å². The number of carbonyl (C=O) groups excluding carboxylic acids is 1. The molecular formula is C22H32N2O5S. The van der Waals surface area contributed by atoms with Crippen molar-refractivity contribution in [3.8, 4) is 0 Å². The van der Waals surface area contributed by atoms with Crippen molar-refractivity contribution in [3.63, 3.8) is 0 Å². The lowest BCUT2D eigenvalue weighted by molar-refractivity contribution is -0.0107. The zero-order chi connectivity index (χ0) is 21.4. The molecule has 1 aromatic carbocycles. The van der Waals surface area contributed by atoms with E-state index in [1.165, 1.54) is 12.7 Å². The van der Waals surface area contributed by atoms with Crippen LogP contribution in [0.3, 0.4) is 0 Å². The van der Waals surface area contributed by atoms with Crippen molar-refractivity contribution in [1.29, 1.82) is 0 Å². The van der Waals surface area contributed by atoms with Gasteiger partial charge in [0.25, 0.3) is 0 Å². The normalized spacial score (nSPS) is 30.4. The van der Waals surface area contributed by atoms with Crippen molar-refractivity contribution in [1.82, 2.24) is 9.62 Å². The van der Waals surface area contributed by atoms with Gasteiger partial charge in [-0.05, 0) is 56.4 Å². The van der Waals surface area contributed by atoms with E-state index in [0.717, 1.165) is 44.8 Å². The van der Waals surface area contributed by atoms with Crippen molar-refractivity contribution in [2.24, 2.45) is 0 Å². The second kappa shape index (κ2) is 8.48. The first-order valence-corrected chi connectivity index (χ1v) is 12.7. The topological polar surface area (TPSA) is 84.9 Å². The Morgan fingerprint density at radius 3 is 2.40 bits per heavy atom. The maximum atomic E-state index is 12.5. The fraction of sp³-hybridized carbons (Fsp3) is 0.682. The Kier molecular flexibility index (Phi) is 6.10. The monoisotopic (exact) mass is 436 g/mol. The molecule has 1 unspecified atom stereocenters. The largest absolute Gasteiger partial charge is 0.453 e. The van der Waals surface area contributed by atoms with Gasteiger partial charge in [0.2, 0.25) is 10.0 Å². The third kappa shape index (κ3) is 4.65. The molecule has 2 saturated carbocycles. The highest BCUT2D eigenvalue weighted by Crippen LogP contribution is 2.52. The molecule has 166 valence electrons. The molecule has 2 atom stereocenters. The molecular weight excluding hydrogens is 404 g/mol. The summed E-state index contributed by atoms with van der Waals surface area (Å²) < 4.78 is 37.8. The molecule has 1 spiro atoms. The lowest BCUT2D eigenvalue weighted by atomic mass is 9.83. The smallest absolute Gasteiger partial charge is 0.410 e. The Morgan fingerprint density at radius 1 is 1.17 bits per heavy atom. The molecule has 4 rings (SSSR count). The number of ether oxygens (including phenoxy) is 2. The number of likely N-dealkylation sites (tertiary alicyclic amines) is 1. The molecule has 1 aromatic rings. The first-order chi connectivity index (χ1) is 14.3. The van der Waals surface area contributed by atoms with Crippen molar-refractivity contribution in [3.05, 3.63) is 35.9 Å². The molecule has 1 saturated heterocycles. The van der Waals surface area contributed by atoms with Crippen LogP contribution in [0.4, 0.5) is 4.79 Å². The number of methoxy groups -OCH3 is 1. The minimum atomic E-state index is -3.38. The summed E-state index contributed by atoms with van der Waals surface area (Å²) in [6, 6.07) is 9.90. The molecule has 8 heteroatoms. The molecule has 1 aliphatic heterocycles. The molecule has 1 amide bonds. The van der Waals surface area contributed by atoms with Crippen LogP contribution in [0, 0.1) is 0 Å². The van der Waals surface area contributed by atoms with Crippen LogP contribution in [0.25, 0.3) is 0 Å². The summed E-state index contributed by atoms with van der Waals surface area (Å²) in [4.78, 5) is 14.3. The Morgan fingerprint density at radius 2 is 1.83 bits per heavy atom. The third-order valence-electron chi connectivity index (χ3n) is 6.92. The molecule has 3 aliphatic rings. The number of hydrogen-bond acceptors (Lipinski definition) is 5. The maximum absolute atomic E-state index is 12.5. The second-order valence-electron chi connectivity index (χ2n) is 9.05. The van der Waals surface area contributed by atoms with Gasteiger partial charge in [0.05, 0.1) is 32.1 Å². The zero-order valence-electron chi connectivity index (χ0n) is 17.7. The number of sulfonamides is 1. The molecule has 0 aromatic heterocycles. The van der Waals surface area contributed by atoms with Crippen molar-refractivity contribution >= 4 is 16.1 Å². The van der Waals surface area contributed by atoms with Gasteiger partial charge in [0.1, 0.15) is 0 Å². The third-order valence-corrected chi connectivity index (χ3v) is 7.65. The van der Waals surface area contributed by atoms with Gasteiger partial charge in [0.15, 0.2) is 0 Å². The summed E-state index contributed by atoms with van der Waals surface area (Å²) in [6.07, 6.45) is 7.38. The molecule has 7 nitrogen and oxygen atoms in total. The Labute approximate surface area is 179 Å². The fourth-order valence-corrected chi connectivity index (χ4v) is 6.09. The number of nitrogens with one attached hydrogen (secondary N) is 1. The van der Waals surface area contributed by atoms with Crippen molar-refractivity contribution in [2.75, 3.05) is 20.0 Å². The van der Waals surface area contributed by atoms with Crippen LogP contribution in [-0.2, 0) is 19.5 Å². The predicted octanol–water partition coefficient (Wildman–Crippen LogP) is 3.02. The Hall–Kier alpha value is -1.64. The molecule has 1 N–H and O–H groups in total. The summed E-state index contributed by atoms with van der Waals surface area (Å²) >= 11 is 0. The Balaban J connectivity index is 1.39. The average Bonchev–Trinajstić information content (AvgIpc) is 3.43. The van der Waals surface area contributed by atoms with E-state index in [1.54, 1.807) is 4.90 Å². The van der Waals surface area contributed by atoms with E-state index < -0.39 is 16.1 Å². The Bertz CT molecular complexity index is 848. The summed E-state index contributed by atoms with van der Waals surface area (Å²) in [5, 5.41) is 0. The number of benzene rings is 1. The van der Waals surface area contributed by atoms with E-state index in [9.17, 15) is 13.2 Å². The van der Waals surface area contributed by atoms with Crippen LogP contribution in [0.2, 0.25) is 0 Å². The summed E-state index contributed by atoms with van der Waals surface area (Å²) in [7, 11) is -2.01. The number of hydrogen-bond donors (Lipinski definition) is 1. The first kappa shape index (κ1) is 21.6. The van der Waals surface area contributed by atoms with E-state index in [-0.39, 0.29) is 23.7 Å². The van der Waals surface area contributed by atoms with Crippen LogP contribution in [0.5, 0.6) is 0 Å². The highest BCUT2D eigenvalue weighted by molar-refractivity contribution is 7.88. The highest BCUT2D eigenvalue weighted by atomic mass is 32.2. The average molecular weight is 437 g/mol. The van der Waals surface area contributed by atoms with Gasteiger partial charge in [-0.15, -0.1) is 0 Å². The SMILES string of the molecule is COC(=O)N1[C@@H](COC2CCC(c3ccccc3)CC2)C(NS(C)(=O)=O)CC12CC2. The van der Waals surface area contributed by atoms with E-state index in [0.29, 0.717) is 18.9 Å². The minimum Gasteiger partial charge on any atom is -0.453 e. The summed E-state index contributed by atoms with van der Waals surface area (Å²) in [5.41, 5.74) is 1.10.